The maximum atomic E-state index is 2.94. The predicted octanol–water partition coefficient (Wildman–Crippen LogP) is 7.85. The summed E-state index contributed by atoms with van der Waals surface area (Å²) >= 11 is 2.94. The average Bonchev–Trinajstić information content (AvgIpc) is 2.84. The number of rotatable bonds is 6. The highest BCUT2D eigenvalue weighted by Crippen LogP contribution is 2.43. The lowest BCUT2D eigenvalue weighted by molar-refractivity contribution is -0.439. The third kappa shape index (κ3) is 4.39. The van der Waals surface area contributed by atoms with Crippen LogP contribution in [0.3, 0.4) is 0 Å². The molecule has 0 radical (unpaired) electrons. The molecule has 144 valence electrons. The summed E-state index contributed by atoms with van der Waals surface area (Å²) in [6.07, 6.45) is 6.70. The largest absolute Gasteiger partial charge is 0.210 e. The van der Waals surface area contributed by atoms with E-state index in [1.54, 1.807) is 0 Å². The molecule has 2 aromatic rings. The molecule has 1 nitrogen and oxygen atoms in total. The zero-order chi connectivity index (χ0) is 18.4. The van der Waals surface area contributed by atoms with Crippen LogP contribution >= 0.6 is 15.9 Å². The normalized spacial score (nSPS) is 14.5. The van der Waals surface area contributed by atoms with Gasteiger partial charge >= 0.3 is 0 Å². The molecule has 1 heterocycles. The molecule has 0 amide bonds. The molecule has 3 rings (SSSR count). The molecule has 0 aliphatic carbocycles. The van der Waals surface area contributed by atoms with Gasteiger partial charge in [0.25, 0.3) is 0 Å². The second-order valence-corrected chi connectivity index (χ2v) is 7.46. The highest BCUT2D eigenvalue weighted by atomic mass is 79.9. The van der Waals surface area contributed by atoms with Crippen LogP contribution in [-0.2, 0) is 5.41 Å². The van der Waals surface area contributed by atoms with Crippen molar-refractivity contribution in [1.82, 2.24) is 0 Å². The lowest BCUT2D eigenvalue weighted by Crippen LogP contribution is -2.26. The van der Waals surface area contributed by atoms with Crippen molar-refractivity contribution in [2.24, 2.45) is 0 Å². The minimum atomic E-state index is 0. The van der Waals surface area contributed by atoms with E-state index in [0.29, 0.717) is 0 Å². The smallest absolute Gasteiger partial charge is 0.199 e. The van der Waals surface area contributed by atoms with Gasteiger partial charge in [-0.05, 0) is 42.9 Å². The highest BCUT2D eigenvalue weighted by molar-refractivity contribution is 9.08. The zero-order valence-corrected chi connectivity index (χ0v) is 18.1. The van der Waals surface area contributed by atoms with Crippen LogP contribution in [0.25, 0.3) is 10.8 Å². The van der Waals surface area contributed by atoms with Gasteiger partial charge in [-0.1, -0.05) is 73.8 Å². The number of hydrogen-bond donors (Lipinski definition) is 0. The topological polar surface area (TPSA) is 3.01 Å². The zero-order valence-electron chi connectivity index (χ0n) is 16.5. The molecule has 0 fully saturated rings. The summed E-state index contributed by atoms with van der Waals surface area (Å²) in [5.74, 6) is 1.81. The summed E-state index contributed by atoms with van der Waals surface area (Å²) in [6, 6.07) is 13.4. The van der Waals surface area contributed by atoms with Crippen molar-refractivity contribution in [1.29, 1.82) is 0 Å². The van der Waals surface area contributed by atoms with E-state index in [1.807, 2.05) is 5.83 Å². The van der Waals surface area contributed by atoms with Crippen molar-refractivity contribution < 1.29 is 4.58 Å². The molecule has 0 saturated carbocycles. The maximum absolute atomic E-state index is 2.94. The molecule has 0 unspecified atom stereocenters. The third-order valence-electron chi connectivity index (χ3n) is 5.62. The second-order valence-electron chi connectivity index (χ2n) is 7.46. The lowest BCUT2D eigenvalue weighted by atomic mass is 9.80. The molecule has 26 heavy (non-hydrogen) atoms. The average molecular weight is 419 g/mol. The number of nitrogens with zero attached hydrogens (tertiary/aromatic N) is 1. The van der Waals surface area contributed by atoms with Crippen LogP contribution < -0.4 is 0 Å². The predicted molar refractivity (Wildman–Crippen MR) is 123 cm³/mol. The minimum absolute atomic E-state index is 0. The Hall–Kier alpha value is -1.15. The first-order chi connectivity index (χ1) is 12.1. The summed E-state index contributed by atoms with van der Waals surface area (Å²) in [5, 5.41) is 2.78. The van der Waals surface area contributed by atoms with Crippen LogP contribution in [0.5, 0.6) is 0 Å². The first-order valence-corrected chi connectivity index (χ1v) is 11.2. The molecule has 2 heteroatoms. The fraction of sp³-hybridized carbons (Fsp3) is 0.542. The number of hydrogen-bond acceptors (Lipinski definition) is 0. The van der Waals surface area contributed by atoms with E-state index in [1.165, 1.54) is 59.8 Å². The van der Waals surface area contributed by atoms with Gasteiger partial charge in [-0.15, -0.1) is 0 Å². The molecule has 2 aromatic carbocycles. The van der Waals surface area contributed by atoms with Crippen molar-refractivity contribution in [2.75, 3.05) is 12.4 Å². The number of benzene rings is 2. The molecule has 1 aliphatic heterocycles. The summed E-state index contributed by atoms with van der Waals surface area (Å²) in [5.41, 5.74) is 4.57. The van der Waals surface area contributed by atoms with Crippen molar-refractivity contribution in [3.05, 3.63) is 42.0 Å². The van der Waals surface area contributed by atoms with Crippen LogP contribution in [0.1, 0.15) is 72.8 Å². The standard InChI is InChI=1S/C22H30N.CH3Br.CH4/c1-5-6-7-8-11-16-23-17(2)22(3,4)21-19-13-10-9-12-18(19)14-15-20(21)23;1-2;/h9-10,12-15H,5-8,11,16H2,1-4H3;1H3;1H4/q+1;;. The first kappa shape index (κ1) is 22.9. The van der Waals surface area contributed by atoms with Crippen LogP contribution in [0.4, 0.5) is 5.69 Å². The Morgan fingerprint density at radius 3 is 2.27 bits per heavy atom. The van der Waals surface area contributed by atoms with Gasteiger partial charge in [0.1, 0.15) is 6.54 Å². The van der Waals surface area contributed by atoms with E-state index >= 15 is 0 Å². The Morgan fingerprint density at radius 1 is 0.923 bits per heavy atom. The number of unbranched alkanes of at least 4 members (excludes halogenated alkanes) is 4. The quantitative estimate of drug-likeness (QED) is 0.255. The van der Waals surface area contributed by atoms with Crippen molar-refractivity contribution in [3.63, 3.8) is 0 Å². The van der Waals surface area contributed by atoms with Gasteiger partial charge in [-0.25, -0.2) is 0 Å². The van der Waals surface area contributed by atoms with E-state index in [9.17, 15) is 0 Å². The molecule has 0 saturated heterocycles. The Kier molecular flexibility index (Phi) is 9.03. The number of fused-ring (bicyclic) bond motifs is 3. The molecule has 0 spiro atoms. The molecule has 0 N–H and O–H groups in total. The van der Waals surface area contributed by atoms with Gasteiger partial charge in [0.05, 0.1) is 5.41 Å². The monoisotopic (exact) mass is 418 g/mol. The van der Waals surface area contributed by atoms with E-state index in [2.05, 4.69) is 84.6 Å². The van der Waals surface area contributed by atoms with Crippen molar-refractivity contribution in [2.45, 2.75) is 72.6 Å². The van der Waals surface area contributed by atoms with Gasteiger partial charge in [-0.2, -0.15) is 4.58 Å². The van der Waals surface area contributed by atoms with Crippen LogP contribution in [0.2, 0.25) is 0 Å². The van der Waals surface area contributed by atoms with Crippen molar-refractivity contribution in [3.8, 4) is 0 Å². The Labute approximate surface area is 169 Å². The van der Waals surface area contributed by atoms with Gasteiger partial charge < -0.3 is 0 Å². The first-order valence-electron chi connectivity index (χ1n) is 9.59. The highest BCUT2D eigenvalue weighted by Gasteiger charge is 2.43. The van der Waals surface area contributed by atoms with Gasteiger partial charge in [0.2, 0.25) is 5.69 Å². The fourth-order valence-electron chi connectivity index (χ4n) is 4.00. The van der Waals surface area contributed by atoms with Gasteiger partial charge in [0, 0.05) is 25.0 Å². The fourth-order valence-corrected chi connectivity index (χ4v) is 4.00. The van der Waals surface area contributed by atoms with Crippen molar-refractivity contribution >= 4 is 38.1 Å². The molecule has 1 aliphatic rings. The maximum Gasteiger partial charge on any atom is 0.210 e. The van der Waals surface area contributed by atoms with E-state index in [4.69, 9.17) is 0 Å². The molecular weight excluding hydrogens is 382 g/mol. The minimum Gasteiger partial charge on any atom is -0.199 e. The summed E-state index contributed by atoms with van der Waals surface area (Å²) in [4.78, 5) is 0. The summed E-state index contributed by atoms with van der Waals surface area (Å²) in [6.45, 7) is 10.5. The molecule has 0 aromatic heterocycles. The van der Waals surface area contributed by atoms with Gasteiger partial charge in [-0.3, -0.25) is 0 Å². The molecule has 0 atom stereocenters. The van der Waals surface area contributed by atoms with Crippen LogP contribution in [-0.4, -0.2) is 22.7 Å². The van der Waals surface area contributed by atoms with Crippen LogP contribution in [0.15, 0.2) is 36.4 Å². The Balaban J connectivity index is 0.00000109. The second kappa shape index (κ2) is 10.3. The van der Waals surface area contributed by atoms with Gasteiger partial charge in [0.15, 0.2) is 5.71 Å². The SMILES string of the molecule is C.CBr.CCCCCCC[N+]1=C(C)C(C)(C)c2c1ccc1ccccc21. The summed E-state index contributed by atoms with van der Waals surface area (Å²) in [7, 11) is 0. The van der Waals surface area contributed by atoms with E-state index in [0.717, 1.165) is 6.54 Å². The third-order valence-corrected chi connectivity index (χ3v) is 5.62. The number of alkyl halides is 1. The Bertz CT molecular complexity index is 743. The van der Waals surface area contributed by atoms with E-state index < -0.39 is 0 Å². The number of halogens is 1. The Morgan fingerprint density at radius 2 is 1.58 bits per heavy atom. The van der Waals surface area contributed by atoms with Crippen LogP contribution in [0, 0.1) is 0 Å². The molecular formula is C24H37BrN+. The lowest BCUT2D eigenvalue weighted by Gasteiger charge is -2.17. The summed E-state index contributed by atoms with van der Waals surface area (Å²) < 4.78 is 2.58. The van der Waals surface area contributed by atoms with E-state index in [-0.39, 0.29) is 12.8 Å². The molecule has 0 bridgehead atoms.